The molecular formula is C22H26N2O2. The molecule has 136 valence electrons. The maximum absolute atomic E-state index is 5.93. The lowest BCUT2D eigenvalue weighted by Crippen LogP contribution is -2.34. The predicted octanol–water partition coefficient (Wildman–Crippen LogP) is 5.00. The predicted molar refractivity (Wildman–Crippen MR) is 104 cm³/mol. The zero-order chi connectivity index (χ0) is 17.8. The Balaban J connectivity index is 1.33. The molecule has 0 atom stereocenters. The second-order valence-electron chi connectivity index (χ2n) is 7.28. The Bertz CT molecular complexity index is 836. The van der Waals surface area contributed by atoms with Crippen LogP contribution >= 0.6 is 0 Å². The fraction of sp³-hybridized carbons (Fsp3) is 0.409. The van der Waals surface area contributed by atoms with Crippen molar-refractivity contribution in [2.24, 2.45) is 5.92 Å². The first-order valence-electron chi connectivity index (χ1n) is 9.59. The second kappa shape index (κ2) is 7.92. The molecule has 1 saturated heterocycles. The minimum Gasteiger partial charge on any atom is -0.493 e. The van der Waals surface area contributed by atoms with Crippen molar-refractivity contribution in [2.75, 3.05) is 26.2 Å². The second-order valence-corrected chi connectivity index (χ2v) is 7.28. The Hall–Kier alpha value is -2.33. The van der Waals surface area contributed by atoms with Gasteiger partial charge in [0.1, 0.15) is 11.4 Å². The third-order valence-electron chi connectivity index (χ3n) is 5.25. The first kappa shape index (κ1) is 17.1. The lowest BCUT2D eigenvalue weighted by molar-refractivity contribution is 0.177. The van der Waals surface area contributed by atoms with Gasteiger partial charge >= 0.3 is 0 Å². The maximum atomic E-state index is 5.93. The topological polar surface area (TPSA) is 38.5 Å². The summed E-state index contributed by atoms with van der Waals surface area (Å²) >= 11 is 0. The van der Waals surface area contributed by atoms with Crippen molar-refractivity contribution >= 4 is 11.0 Å². The Morgan fingerprint density at radius 2 is 1.92 bits per heavy atom. The molecule has 0 spiro atoms. The van der Waals surface area contributed by atoms with Gasteiger partial charge in [0.05, 0.1) is 6.61 Å². The van der Waals surface area contributed by atoms with Gasteiger partial charge in [-0.2, -0.15) is 0 Å². The van der Waals surface area contributed by atoms with E-state index in [-0.39, 0.29) is 0 Å². The number of piperidine rings is 1. The summed E-state index contributed by atoms with van der Waals surface area (Å²) in [7, 11) is 0. The zero-order valence-corrected chi connectivity index (χ0v) is 15.4. The maximum Gasteiger partial charge on any atom is 0.171 e. The molecule has 0 radical (unpaired) electrons. The van der Waals surface area contributed by atoms with Gasteiger partial charge in [0.25, 0.3) is 0 Å². The van der Waals surface area contributed by atoms with E-state index >= 15 is 0 Å². The number of hydrogen-bond acceptors (Lipinski definition) is 4. The first-order chi connectivity index (χ1) is 12.8. The molecule has 1 aromatic heterocycles. The Morgan fingerprint density at radius 3 is 2.73 bits per heavy atom. The minimum atomic E-state index is 0.733. The molecule has 4 rings (SSSR count). The molecule has 0 aliphatic carbocycles. The lowest BCUT2D eigenvalue weighted by atomic mass is 9.99. The van der Waals surface area contributed by atoms with E-state index in [9.17, 15) is 0 Å². The molecule has 1 aliphatic heterocycles. The van der Waals surface area contributed by atoms with E-state index < -0.39 is 0 Å². The monoisotopic (exact) mass is 350 g/mol. The number of rotatable bonds is 6. The van der Waals surface area contributed by atoms with Crippen LogP contribution in [0, 0.1) is 5.92 Å². The van der Waals surface area contributed by atoms with E-state index in [0.29, 0.717) is 0 Å². The van der Waals surface area contributed by atoms with Crippen LogP contribution in [-0.2, 0) is 0 Å². The molecule has 2 aromatic carbocycles. The van der Waals surface area contributed by atoms with Gasteiger partial charge < -0.3 is 14.2 Å². The van der Waals surface area contributed by atoms with Crippen LogP contribution in [0.15, 0.2) is 53.1 Å². The summed E-state index contributed by atoms with van der Waals surface area (Å²) in [5.74, 6) is 1.73. The van der Waals surface area contributed by atoms with Crippen molar-refractivity contribution in [3.05, 3.63) is 48.5 Å². The normalized spacial score (nSPS) is 16.2. The van der Waals surface area contributed by atoms with Crippen LogP contribution < -0.4 is 4.74 Å². The molecule has 0 amide bonds. The van der Waals surface area contributed by atoms with Crippen LogP contribution in [-0.4, -0.2) is 36.3 Å². The summed E-state index contributed by atoms with van der Waals surface area (Å²) in [5.41, 5.74) is 2.72. The Morgan fingerprint density at radius 1 is 1.12 bits per heavy atom. The fourth-order valence-corrected chi connectivity index (χ4v) is 3.58. The minimum absolute atomic E-state index is 0.733. The van der Waals surface area contributed by atoms with Crippen LogP contribution in [0.2, 0.25) is 0 Å². The number of aromatic nitrogens is 1. The van der Waals surface area contributed by atoms with E-state index in [0.717, 1.165) is 53.5 Å². The van der Waals surface area contributed by atoms with Crippen molar-refractivity contribution in [1.82, 2.24) is 10.1 Å². The summed E-state index contributed by atoms with van der Waals surface area (Å²) in [6, 6.07) is 16.1. The standard InChI is InChI=1S/C22H26N2O2/c1-17-10-13-24(14-11-17)12-5-15-25-19-8-9-20-21(16-19)26-23-22(20)18-6-3-2-4-7-18/h2-4,6-9,16-17H,5,10-15H2,1H3. The highest BCUT2D eigenvalue weighted by molar-refractivity contribution is 5.92. The van der Waals surface area contributed by atoms with E-state index in [1.807, 2.05) is 48.5 Å². The molecule has 1 aliphatic rings. The molecule has 3 aromatic rings. The van der Waals surface area contributed by atoms with Gasteiger partial charge in [-0.25, -0.2) is 0 Å². The third kappa shape index (κ3) is 3.91. The van der Waals surface area contributed by atoms with Gasteiger partial charge in [-0.05, 0) is 50.4 Å². The summed E-state index contributed by atoms with van der Waals surface area (Å²) in [6.45, 7) is 6.66. The highest BCUT2D eigenvalue weighted by Gasteiger charge is 2.15. The molecule has 0 N–H and O–H groups in total. The molecule has 0 saturated carbocycles. The first-order valence-corrected chi connectivity index (χ1v) is 9.59. The van der Waals surface area contributed by atoms with Crippen LogP contribution in [0.3, 0.4) is 0 Å². The van der Waals surface area contributed by atoms with Crippen molar-refractivity contribution < 1.29 is 9.26 Å². The van der Waals surface area contributed by atoms with E-state index in [4.69, 9.17) is 9.26 Å². The number of nitrogens with zero attached hydrogens (tertiary/aromatic N) is 2. The quantitative estimate of drug-likeness (QED) is 0.587. The highest BCUT2D eigenvalue weighted by atomic mass is 16.5. The average molecular weight is 350 g/mol. The van der Waals surface area contributed by atoms with E-state index in [1.54, 1.807) is 0 Å². The molecule has 4 nitrogen and oxygen atoms in total. The summed E-state index contributed by atoms with van der Waals surface area (Å²) < 4.78 is 11.4. The molecular weight excluding hydrogens is 324 g/mol. The zero-order valence-electron chi connectivity index (χ0n) is 15.4. The van der Waals surface area contributed by atoms with Crippen molar-refractivity contribution in [3.8, 4) is 17.0 Å². The molecule has 4 heteroatoms. The molecule has 0 unspecified atom stereocenters. The lowest BCUT2D eigenvalue weighted by Gasteiger charge is -2.30. The Kier molecular flexibility index (Phi) is 5.21. The van der Waals surface area contributed by atoms with Gasteiger partial charge in [0, 0.05) is 23.6 Å². The van der Waals surface area contributed by atoms with Gasteiger partial charge in [-0.1, -0.05) is 42.4 Å². The van der Waals surface area contributed by atoms with Gasteiger partial charge in [-0.3, -0.25) is 0 Å². The third-order valence-corrected chi connectivity index (χ3v) is 5.25. The van der Waals surface area contributed by atoms with Gasteiger partial charge in [0.15, 0.2) is 5.58 Å². The van der Waals surface area contributed by atoms with Crippen molar-refractivity contribution in [3.63, 3.8) is 0 Å². The number of benzene rings is 2. The number of fused-ring (bicyclic) bond motifs is 1. The number of likely N-dealkylation sites (tertiary alicyclic amines) is 1. The smallest absolute Gasteiger partial charge is 0.171 e. The van der Waals surface area contributed by atoms with Gasteiger partial charge in [0.2, 0.25) is 0 Å². The molecule has 1 fully saturated rings. The Labute approximate surface area is 154 Å². The van der Waals surface area contributed by atoms with Gasteiger partial charge in [-0.15, -0.1) is 0 Å². The molecule has 0 bridgehead atoms. The van der Waals surface area contributed by atoms with Crippen molar-refractivity contribution in [1.29, 1.82) is 0 Å². The fourth-order valence-electron chi connectivity index (χ4n) is 3.58. The molecule has 26 heavy (non-hydrogen) atoms. The van der Waals surface area contributed by atoms with E-state index in [2.05, 4.69) is 17.0 Å². The van der Waals surface area contributed by atoms with Crippen LogP contribution in [0.25, 0.3) is 22.2 Å². The summed E-state index contributed by atoms with van der Waals surface area (Å²) in [6.07, 6.45) is 3.71. The summed E-state index contributed by atoms with van der Waals surface area (Å²) in [5, 5.41) is 5.25. The number of hydrogen-bond donors (Lipinski definition) is 0. The highest BCUT2D eigenvalue weighted by Crippen LogP contribution is 2.30. The number of ether oxygens (including phenoxy) is 1. The average Bonchev–Trinajstić information content (AvgIpc) is 3.10. The van der Waals surface area contributed by atoms with Crippen LogP contribution in [0.1, 0.15) is 26.2 Å². The van der Waals surface area contributed by atoms with Crippen LogP contribution in [0.5, 0.6) is 5.75 Å². The largest absolute Gasteiger partial charge is 0.493 e. The molecule has 2 heterocycles. The SMILES string of the molecule is CC1CCN(CCCOc2ccc3c(-c4ccccc4)noc3c2)CC1. The van der Waals surface area contributed by atoms with E-state index in [1.165, 1.54) is 25.9 Å². The van der Waals surface area contributed by atoms with Crippen molar-refractivity contribution in [2.45, 2.75) is 26.2 Å². The summed E-state index contributed by atoms with van der Waals surface area (Å²) in [4.78, 5) is 2.55. The van der Waals surface area contributed by atoms with Crippen LogP contribution in [0.4, 0.5) is 0 Å².